The first-order chi connectivity index (χ1) is 11.0. The molecule has 1 aromatic heterocycles. The highest BCUT2D eigenvalue weighted by molar-refractivity contribution is 7.09. The Labute approximate surface area is 136 Å². The SMILES string of the molecule is COCc1nc(C(=O)N(CC(=O)O)Cc2ccc(F)cc2)cs1. The summed E-state index contributed by atoms with van der Waals surface area (Å²) in [5, 5.41) is 11.2. The van der Waals surface area contributed by atoms with E-state index >= 15 is 0 Å². The van der Waals surface area contributed by atoms with Crippen molar-refractivity contribution in [1.29, 1.82) is 0 Å². The average molecular weight is 338 g/mol. The molecule has 0 spiro atoms. The van der Waals surface area contributed by atoms with Gasteiger partial charge in [0.15, 0.2) is 0 Å². The lowest BCUT2D eigenvalue weighted by atomic mass is 10.2. The maximum absolute atomic E-state index is 12.9. The fraction of sp³-hybridized carbons (Fsp3) is 0.267. The summed E-state index contributed by atoms with van der Waals surface area (Å²) in [7, 11) is 1.52. The Morgan fingerprint density at radius 1 is 1.35 bits per heavy atom. The third-order valence-electron chi connectivity index (χ3n) is 2.94. The third-order valence-corrected chi connectivity index (χ3v) is 3.76. The second-order valence-electron chi connectivity index (χ2n) is 4.74. The van der Waals surface area contributed by atoms with Crippen molar-refractivity contribution in [2.75, 3.05) is 13.7 Å². The maximum Gasteiger partial charge on any atom is 0.323 e. The highest BCUT2D eigenvalue weighted by atomic mass is 32.1. The summed E-state index contributed by atoms with van der Waals surface area (Å²) in [5.41, 5.74) is 0.804. The lowest BCUT2D eigenvalue weighted by Crippen LogP contribution is -2.35. The quantitative estimate of drug-likeness (QED) is 0.837. The van der Waals surface area contributed by atoms with Crippen molar-refractivity contribution in [2.24, 2.45) is 0 Å². The summed E-state index contributed by atoms with van der Waals surface area (Å²) in [6, 6.07) is 5.54. The minimum Gasteiger partial charge on any atom is -0.480 e. The van der Waals surface area contributed by atoms with Crippen molar-refractivity contribution in [2.45, 2.75) is 13.2 Å². The van der Waals surface area contributed by atoms with Crippen LogP contribution in [0, 0.1) is 5.82 Å². The van der Waals surface area contributed by atoms with Crippen LogP contribution in [0.4, 0.5) is 4.39 Å². The van der Waals surface area contributed by atoms with Gasteiger partial charge < -0.3 is 14.7 Å². The molecule has 122 valence electrons. The van der Waals surface area contributed by atoms with E-state index in [1.54, 1.807) is 5.38 Å². The molecule has 2 rings (SSSR count). The molecule has 0 radical (unpaired) electrons. The molecular weight excluding hydrogens is 323 g/mol. The number of carboxylic acid groups (broad SMARTS) is 1. The van der Waals surface area contributed by atoms with Gasteiger partial charge in [-0.05, 0) is 17.7 Å². The Kier molecular flexibility index (Phi) is 5.78. The molecule has 1 N–H and O–H groups in total. The molecule has 0 aliphatic rings. The lowest BCUT2D eigenvalue weighted by Gasteiger charge is -2.19. The maximum atomic E-state index is 12.9. The summed E-state index contributed by atoms with van der Waals surface area (Å²) in [5.74, 6) is -2.02. The first-order valence-corrected chi connectivity index (χ1v) is 7.56. The van der Waals surface area contributed by atoms with Gasteiger partial charge in [0.25, 0.3) is 5.91 Å². The number of aromatic nitrogens is 1. The number of thiazole rings is 1. The van der Waals surface area contributed by atoms with Gasteiger partial charge in [-0.3, -0.25) is 9.59 Å². The van der Waals surface area contributed by atoms with E-state index in [4.69, 9.17) is 9.84 Å². The first kappa shape index (κ1) is 17.0. The standard InChI is InChI=1S/C15H15FN2O4S/c1-22-8-13-17-12(9-23-13)15(21)18(7-14(19)20)6-10-2-4-11(16)5-3-10/h2-5,9H,6-8H2,1H3,(H,19,20). The zero-order valence-electron chi connectivity index (χ0n) is 12.4. The van der Waals surface area contributed by atoms with Crippen LogP contribution in [0.2, 0.25) is 0 Å². The molecule has 2 aromatic rings. The zero-order chi connectivity index (χ0) is 16.8. The smallest absolute Gasteiger partial charge is 0.323 e. The van der Waals surface area contributed by atoms with Crippen LogP contribution < -0.4 is 0 Å². The number of nitrogens with zero attached hydrogens (tertiary/aromatic N) is 2. The highest BCUT2D eigenvalue weighted by Gasteiger charge is 2.21. The number of benzene rings is 1. The molecule has 0 bridgehead atoms. The Balaban J connectivity index is 2.17. The number of hydrogen-bond acceptors (Lipinski definition) is 5. The van der Waals surface area contributed by atoms with E-state index < -0.39 is 24.2 Å². The van der Waals surface area contributed by atoms with Gasteiger partial charge in [-0.2, -0.15) is 0 Å². The molecule has 0 aliphatic carbocycles. The predicted octanol–water partition coefficient (Wildman–Crippen LogP) is 2.16. The molecule has 0 saturated carbocycles. The van der Waals surface area contributed by atoms with Gasteiger partial charge in [0.2, 0.25) is 0 Å². The van der Waals surface area contributed by atoms with Crippen molar-refractivity contribution in [1.82, 2.24) is 9.88 Å². The van der Waals surface area contributed by atoms with Crippen LogP contribution >= 0.6 is 11.3 Å². The minimum atomic E-state index is -1.13. The summed E-state index contributed by atoms with van der Waals surface area (Å²) < 4.78 is 17.9. The van der Waals surface area contributed by atoms with Crippen LogP contribution in [0.1, 0.15) is 21.1 Å². The van der Waals surface area contributed by atoms with Crippen molar-refractivity contribution < 1.29 is 23.8 Å². The lowest BCUT2D eigenvalue weighted by molar-refractivity contribution is -0.137. The van der Waals surface area contributed by atoms with Crippen molar-refractivity contribution in [3.63, 3.8) is 0 Å². The van der Waals surface area contributed by atoms with Crippen LogP contribution in [-0.2, 0) is 22.7 Å². The fourth-order valence-corrected chi connectivity index (χ4v) is 2.67. The van der Waals surface area contributed by atoms with Gasteiger partial charge in [0, 0.05) is 19.0 Å². The number of halogens is 1. The largest absolute Gasteiger partial charge is 0.480 e. The molecule has 1 aromatic carbocycles. The Hall–Kier alpha value is -2.32. The van der Waals surface area contributed by atoms with Crippen LogP contribution in [0.15, 0.2) is 29.6 Å². The average Bonchev–Trinajstić information content (AvgIpc) is 2.96. The number of hydrogen-bond donors (Lipinski definition) is 1. The second-order valence-corrected chi connectivity index (χ2v) is 5.68. The Bertz CT molecular complexity index is 687. The topological polar surface area (TPSA) is 79.7 Å². The van der Waals surface area contributed by atoms with E-state index in [0.29, 0.717) is 10.6 Å². The number of rotatable bonds is 7. The summed E-state index contributed by atoms with van der Waals surface area (Å²) in [6.07, 6.45) is 0. The van der Waals surface area contributed by atoms with Gasteiger partial charge in [0.1, 0.15) is 23.1 Å². The van der Waals surface area contributed by atoms with Crippen LogP contribution in [-0.4, -0.2) is 40.5 Å². The predicted molar refractivity (Wildman–Crippen MR) is 81.6 cm³/mol. The summed E-state index contributed by atoms with van der Waals surface area (Å²) in [4.78, 5) is 28.8. The molecule has 0 saturated heterocycles. The van der Waals surface area contributed by atoms with Crippen LogP contribution in [0.25, 0.3) is 0 Å². The molecule has 1 amide bonds. The molecule has 23 heavy (non-hydrogen) atoms. The van der Waals surface area contributed by atoms with Gasteiger partial charge in [-0.1, -0.05) is 12.1 Å². The fourth-order valence-electron chi connectivity index (χ4n) is 1.93. The number of amides is 1. The van der Waals surface area contributed by atoms with E-state index in [2.05, 4.69) is 4.98 Å². The van der Waals surface area contributed by atoms with E-state index in [1.807, 2.05) is 0 Å². The number of methoxy groups -OCH3 is 1. The summed E-state index contributed by atoms with van der Waals surface area (Å²) in [6.45, 7) is -0.120. The normalized spacial score (nSPS) is 10.5. The number of carbonyl (C=O) groups excluding carboxylic acids is 1. The van der Waals surface area contributed by atoms with E-state index in [9.17, 15) is 14.0 Å². The van der Waals surface area contributed by atoms with Crippen LogP contribution in [0.5, 0.6) is 0 Å². The Morgan fingerprint density at radius 2 is 2.04 bits per heavy atom. The van der Waals surface area contributed by atoms with Crippen molar-refractivity contribution in [3.05, 3.63) is 51.7 Å². The highest BCUT2D eigenvalue weighted by Crippen LogP contribution is 2.15. The molecule has 0 aliphatic heterocycles. The van der Waals surface area contributed by atoms with Gasteiger partial charge in [-0.15, -0.1) is 11.3 Å². The number of carboxylic acids is 1. The second kappa shape index (κ2) is 7.80. The van der Waals surface area contributed by atoms with Crippen LogP contribution in [0.3, 0.4) is 0 Å². The van der Waals surface area contributed by atoms with E-state index in [1.165, 1.54) is 42.7 Å². The first-order valence-electron chi connectivity index (χ1n) is 6.68. The zero-order valence-corrected chi connectivity index (χ0v) is 13.2. The van der Waals surface area contributed by atoms with Crippen molar-refractivity contribution >= 4 is 23.2 Å². The monoisotopic (exact) mass is 338 g/mol. The van der Waals surface area contributed by atoms with Gasteiger partial charge >= 0.3 is 5.97 Å². The molecule has 8 heteroatoms. The number of ether oxygens (including phenoxy) is 1. The van der Waals surface area contributed by atoms with E-state index in [-0.39, 0.29) is 18.8 Å². The number of carbonyl (C=O) groups is 2. The Morgan fingerprint density at radius 3 is 2.65 bits per heavy atom. The molecule has 1 heterocycles. The third kappa shape index (κ3) is 4.83. The van der Waals surface area contributed by atoms with E-state index in [0.717, 1.165) is 4.90 Å². The minimum absolute atomic E-state index is 0.0581. The molecular formula is C15H15FN2O4S. The molecule has 0 unspecified atom stereocenters. The molecule has 6 nitrogen and oxygen atoms in total. The summed E-state index contributed by atoms with van der Waals surface area (Å²) >= 11 is 1.27. The van der Waals surface area contributed by atoms with Gasteiger partial charge in [-0.25, -0.2) is 9.37 Å². The van der Waals surface area contributed by atoms with Crippen molar-refractivity contribution in [3.8, 4) is 0 Å². The molecule has 0 fully saturated rings. The number of aliphatic carboxylic acids is 1. The van der Waals surface area contributed by atoms with Gasteiger partial charge in [0.05, 0.1) is 6.61 Å². The molecule has 0 atom stereocenters.